The molecule has 0 aliphatic heterocycles. The van der Waals surface area contributed by atoms with Crippen LogP contribution < -0.4 is 64.5 Å². The second kappa shape index (κ2) is 29.1. The molecule has 0 aromatic carbocycles. The van der Waals surface area contributed by atoms with E-state index in [4.69, 9.17) is 34.8 Å². The summed E-state index contributed by atoms with van der Waals surface area (Å²) in [5.41, 5.74) is 1.65. The number of carbonyl (C=O) groups excluding carboxylic acids is 4. The number of hydrogen-bond donors (Lipinski definition) is 9. The number of nitrogens with one attached hydrogen (secondary N) is 9. The highest BCUT2D eigenvalue weighted by Crippen LogP contribution is 2.31. The Morgan fingerprint density at radius 3 is 1.29 bits per heavy atom. The van der Waals surface area contributed by atoms with Crippen LogP contribution in [0.3, 0.4) is 0 Å². The molecule has 0 radical (unpaired) electrons. The van der Waals surface area contributed by atoms with E-state index in [1.807, 2.05) is 6.92 Å². The molecule has 3 aliphatic rings. The van der Waals surface area contributed by atoms with Gasteiger partial charge in [0, 0.05) is 116 Å². The number of pyridine rings is 3. The molecular weight excluding hydrogens is 1430 g/mol. The topological polar surface area (TPSA) is 406 Å². The molecule has 105 heavy (non-hydrogen) atoms. The lowest BCUT2D eigenvalue weighted by atomic mass is 10.3. The van der Waals surface area contributed by atoms with Crippen LogP contribution in [-0.2, 0) is 7.05 Å². The quantitative estimate of drug-likeness (QED) is 0.0437. The molecule has 12 aromatic heterocycles. The Balaban J connectivity index is 0.000000140. The number of aryl methyl sites for hydroxylation is 3. The molecule has 35 nitrogen and oxygen atoms in total. The van der Waals surface area contributed by atoms with Gasteiger partial charge in [0.25, 0.3) is 40.3 Å². The van der Waals surface area contributed by atoms with Crippen molar-refractivity contribution in [2.45, 2.75) is 70.0 Å². The Kier molecular flexibility index (Phi) is 19.6. The summed E-state index contributed by atoms with van der Waals surface area (Å²) in [5, 5.41) is 44.0. The van der Waals surface area contributed by atoms with Crippen molar-refractivity contribution in [1.29, 1.82) is 0 Å². The van der Waals surface area contributed by atoms with Crippen LogP contribution in [0.25, 0.3) is 34.4 Å². The fourth-order valence-electron chi connectivity index (χ4n) is 10.6. The van der Waals surface area contributed by atoms with Crippen molar-refractivity contribution in [2.24, 2.45) is 7.05 Å². The molecule has 0 unspecified atom stereocenters. The zero-order valence-corrected chi connectivity index (χ0v) is 59.0. The molecule has 540 valence electrons. The molecule has 4 amide bonds. The molecule has 3 saturated carbocycles. The van der Waals surface area contributed by atoms with Crippen LogP contribution in [-0.4, -0.2) is 181 Å². The van der Waals surface area contributed by atoms with Crippen LogP contribution in [0.5, 0.6) is 0 Å². The average molecular weight is 1490 g/mol. The molecule has 0 saturated heterocycles. The zero-order chi connectivity index (χ0) is 74.4. The number of rotatable bonds is 19. The summed E-state index contributed by atoms with van der Waals surface area (Å²) >= 11 is 18.9. The van der Waals surface area contributed by atoms with Crippen molar-refractivity contribution in [3.63, 3.8) is 0 Å². The number of fused-ring (bicyclic) bond motifs is 3. The Morgan fingerprint density at radius 2 is 0.933 bits per heavy atom. The second-order valence-corrected chi connectivity index (χ2v) is 25.7. The third-order valence-corrected chi connectivity index (χ3v) is 17.1. The molecule has 15 rings (SSSR count). The summed E-state index contributed by atoms with van der Waals surface area (Å²) in [6.45, 7) is 3.59. The van der Waals surface area contributed by atoms with E-state index in [2.05, 4.69) is 103 Å². The minimum absolute atomic E-state index is 0.116. The lowest BCUT2D eigenvalue weighted by Crippen LogP contribution is -2.27. The van der Waals surface area contributed by atoms with Crippen molar-refractivity contribution >= 4 is 127 Å². The minimum Gasteiger partial charge on any atom is -0.373 e. The third-order valence-electron chi connectivity index (χ3n) is 16.5. The first-order valence-electron chi connectivity index (χ1n) is 32.2. The molecule has 4 atom stereocenters. The maximum absolute atomic E-state index is 13.3. The highest BCUT2D eigenvalue weighted by molar-refractivity contribution is 6.31. The monoisotopic (exact) mass is 1490 g/mol. The lowest BCUT2D eigenvalue weighted by molar-refractivity contribution is 0.0820. The fourth-order valence-corrected chi connectivity index (χ4v) is 11.2. The Labute approximate surface area is 606 Å². The van der Waals surface area contributed by atoms with E-state index in [1.54, 1.807) is 90.4 Å². The summed E-state index contributed by atoms with van der Waals surface area (Å²) in [5.74, 6) is 2.37. The second-order valence-electron chi connectivity index (χ2n) is 24.4. The van der Waals surface area contributed by atoms with E-state index in [-0.39, 0.29) is 91.1 Å². The van der Waals surface area contributed by atoms with Crippen molar-refractivity contribution in [3.8, 4) is 17.5 Å². The molecular formula is C65H63Cl3F2N28O7. The SMILES string of the molecule is CNc1cc(Nc2cc(Cl)cn(-c3cc(C)n(C)n3)c2=O)nc2c(C(=O)N[C@H]3C[C@H]3F)cnn12.CNc1cc(Nc2cc(Cl)cn(-c3ccnc(C)n3)c2=O)nc2c(C(=O)N[C@H]3C[C@H]3F)cnn12.CNc1cc(Nc2cc(Cl)cn(-c3cnc(C(=O)N(C)C)cn3)c2=O)nc2c(C(=O)NC3CC3)cnn12. The van der Waals surface area contributed by atoms with E-state index >= 15 is 0 Å². The maximum Gasteiger partial charge on any atom is 0.280 e. The molecule has 3 aliphatic carbocycles. The number of carbonyl (C=O) groups is 4. The van der Waals surface area contributed by atoms with Gasteiger partial charge in [0.15, 0.2) is 28.6 Å². The van der Waals surface area contributed by atoms with Crippen LogP contribution in [0, 0.1) is 13.8 Å². The summed E-state index contributed by atoms with van der Waals surface area (Å²) in [4.78, 5) is 121. The van der Waals surface area contributed by atoms with Crippen LogP contribution >= 0.6 is 34.8 Å². The van der Waals surface area contributed by atoms with Crippen LogP contribution in [0.1, 0.15) is 78.8 Å². The first-order chi connectivity index (χ1) is 50.3. The number of hydrogen-bond acceptors (Lipinski definition) is 24. The van der Waals surface area contributed by atoms with Gasteiger partial charge in [0.2, 0.25) is 0 Å². The van der Waals surface area contributed by atoms with Crippen molar-refractivity contribution in [2.75, 3.05) is 67.1 Å². The van der Waals surface area contributed by atoms with Crippen LogP contribution in [0.15, 0.2) is 119 Å². The highest BCUT2D eigenvalue weighted by atomic mass is 35.5. The molecule has 0 spiro atoms. The predicted molar refractivity (Wildman–Crippen MR) is 386 cm³/mol. The number of amides is 4. The number of anilines is 9. The van der Waals surface area contributed by atoms with Gasteiger partial charge in [-0.15, -0.1) is 0 Å². The molecule has 12 heterocycles. The van der Waals surface area contributed by atoms with Gasteiger partial charge in [-0.05, 0) is 51.0 Å². The minimum atomic E-state index is -1.03. The molecule has 0 bridgehead atoms. The average Bonchev–Trinajstić information content (AvgIpc) is 1.71. The molecule has 3 fully saturated rings. The summed E-state index contributed by atoms with van der Waals surface area (Å²) in [6.07, 6.45) is 13.1. The number of halogens is 5. The smallest absolute Gasteiger partial charge is 0.280 e. The normalized spacial score (nSPS) is 15.6. The van der Waals surface area contributed by atoms with Crippen molar-refractivity contribution < 1.29 is 28.0 Å². The van der Waals surface area contributed by atoms with E-state index in [9.17, 15) is 42.3 Å². The zero-order valence-electron chi connectivity index (χ0n) is 56.8. The maximum atomic E-state index is 13.3. The Morgan fingerprint density at radius 1 is 0.524 bits per heavy atom. The summed E-state index contributed by atoms with van der Waals surface area (Å²) < 4.78 is 36.4. The first-order valence-corrected chi connectivity index (χ1v) is 33.3. The Hall–Kier alpha value is -12.5. The van der Waals surface area contributed by atoms with E-state index in [0.29, 0.717) is 74.8 Å². The Bertz CT molecular complexity index is 5620. The standard InChI is InChI=1S/C23H23ClN10O3.C21H21ClFN9O2.C21H19ClFN9O2/c1-25-18-7-17(31-20-14(8-28-34(18)20)21(35)29-13-4-5-13)30-15-6-12(24)11-33(23(15)37)19-10-26-16(9-27-19)22(36)32(2)3;1-10-4-18(29-30(10)3)31-9-11(22)5-15(21(31)34)26-16-7-17(24-2)32-19(28-16)12(8-25-32)20(33)27-14-6-13(14)23;1-10-25-4-3-17(27-10)31-9-11(22)5-15(21(31)34)28-16-7-18(24-2)32-19(30-16)12(8-26-32)20(33)29-14-6-13(14)23/h6-11,13,25H,4-5H2,1-3H3,(H,29,35)(H,30,31);4-5,7-9,13-14,24H,6H2,1-3H3,(H,26,28)(H,27,33);3-5,7-9,13-14,24H,6H2,1-2H3,(H,28,30)(H,29,33)/t;2*13-,14+/m.11/s1. The van der Waals surface area contributed by atoms with E-state index in [1.165, 1.54) is 99.9 Å². The summed E-state index contributed by atoms with van der Waals surface area (Å²) in [7, 11) is 10.1. The van der Waals surface area contributed by atoms with Crippen molar-refractivity contribution in [3.05, 3.63) is 184 Å². The van der Waals surface area contributed by atoms with Gasteiger partial charge in [-0.1, -0.05) is 34.8 Å². The van der Waals surface area contributed by atoms with Gasteiger partial charge in [0.05, 0.1) is 58.1 Å². The molecule has 40 heteroatoms. The molecule has 9 N–H and O–H groups in total. The largest absolute Gasteiger partial charge is 0.373 e. The van der Waals surface area contributed by atoms with Gasteiger partial charge < -0.3 is 52.8 Å². The van der Waals surface area contributed by atoms with Gasteiger partial charge >= 0.3 is 0 Å². The number of aromatic nitrogens is 18. The van der Waals surface area contributed by atoms with Gasteiger partial charge in [-0.25, -0.2) is 43.7 Å². The van der Waals surface area contributed by atoms with Gasteiger partial charge in [-0.2, -0.15) is 33.9 Å². The summed E-state index contributed by atoms with van der Waals surface area (Å²) in [6, 6.07) is 11.9. The van der Waals surface area contributed by atoms with Gasteiger partial charge in [-0.3, -0.25) is 51.9 Å². The van der Waals surface area contributed by atoms with Gasteiger partial charge in [0.1, 0.15) is 98.3 Å². The lowest BCUT2D eigenvalue weighted by Gasteiger charge is -2.13. The fraction of sp³-hybridized carbons (Fsp3) is 0.262. The van der Waals surface area contributed by atoms with Crippen LogP contribution in [0.4, 0.5) is 60.8 Å². The molecule has 12 aromatic rings. The number of alkyl halides is 2. The number of nitrogens with zero attached hydrogens (tertiary/aromatic N) is 19. The first kappa shape index (κ1) is 70.9. The highest BCUT2D eigenvalue weighted by Gasteiger charge is 2.40. The third kappa shape index (κ3) is 15.2. The predicted octanol–water partition coefficient (Wildman–Crippen LogP) is 6.16. The van der Waals surface area contributed by atoms with E-state index < -0.39 is 47.4 Å². The van der Waals surface area contributed by atoms with Crippen molar-refractivity contribution in [1.82, 2.24) is 108 Å². The van der Waals surface area contributed by atoms with Crippen LogP contribution in [0.2, 0.25) is 15.1 Å². The van der Waals surface area contributed by atoms with E-state index in [0.717, 1.165) is 18.5 Å².